The van der Waals surface area contributed by atoms with Crippen LogP contribution in [0.1, 0.15) is 29.3 Å². The van der Waals surface area contributed by atoms with Crippen LogP contribution in [-0.4, -0.2) is 41.7 Å². The summed E-state index contributed by atoms with van der Waals surface area (Å²) in [6.07, 6.45) is 0.447. The van der Waals surface area contributed by atoms with Crippen LogP contribution < -0.4 is 0 Å². The molecule has 1 fully saturated rings. The number of nitrogens with one attached hydrogen (secondary N) is 1. The van der Waals surface area contributed by atoms with Gasteiger partial charge in [-0.3, -0.25) is 0 Å². The Labute approximate surface area is 191 Å². The molecule has 1 aliphatic rings. The van der Waals surface area contributed by atoms with Gasteiger partial charge in [-0.15, -0.1) is 0 Å². The number of hydrogen-bond donors (Lipinski definition) is 1. The van der Waals surface area contributed by atoms with Crippen molar-refractivity contribution in [1.29, 1.82) is 0 Å². The van der Waals surface area contributed by atoms with Crippen LogP contribution in [0.5, 0.6) is 0 Å². The van der Waals surface area contributed by atoms with Crippen LogP contribution in [0.3, 0.4) is 0 Å². The monoisotopic (exact) mass is 507 g/mol. The van der Waals surface area contributed by atoms with Gasteiger partial charge < -0.3 is 4.98 Å². The molecular formula is C20H15Cl2F4N3O2S. The predicted octanol–water partition coefficient (Wildman–Crippen LogP) is 5.20. The van der Waals surface area contributed by atoms with Gasteiger partial charge in [0, 0.05) is 13.0 Å². The van der Waals surface area contributed by atoms with Crippen molar-refractivity contribution in [1.82, 2.24) is 14.3 Å². The molecule has 32 heavy (non-hydrogen) atoms. The number of halogens is 6. The lowest BCUT2D eigenvalue weighted by molar-refractivity contribution is 0.0183. The molecule has 1 aliphatic heterocycles. The molecule has 0 aliphatic carbocycles. The van der Waals surface area contributed by atoms with E-state index in [-0.39, 0.29) is 27.4 Å². The SMILES string of the molecule is O=S(=O)(c1cnc(C(c2ccc(F)c(Cl)c2)c2ccc(F)c(Cl)c2)[nH]1)N1CCC(F)(F)C1. The number of hydrogen-bond acceptors (Lipinski definition) is 3. The molecule has 1 aromatic heterocycles. The summed E-state index contributed by atoms with van der Waals surface area (Å²) in [6.45, 7) is -1.25. The van der Waals surface area contributed by atoms with Gasteiger partial charge in [-0.05, 0) is 35.4 Å². The summed E-state index contributed by atoms with van der Waals surface area (Å²) in [4.78, 5) is 6.79. The average molecular weight is 508 g/mol. The first-order chi connectivity index (χ1) is 15.0. The average Bonchev–Trinajstić information content (AvgIpc) is 3.35. The number of benzene rings is 2. The van der Waals surface area contributed by atoms with Gasteiger partial charge in [0.2, 0.25) is 0 Å². The number of H-pyrrole nitrogens is 1. The molecular weight excluding hydrogens is 493 g/mol. The van der Waals surface area contributed by atoms with E-state index in [0.29, 0.717) is 15.4 Å². The summed E-state index contributed by atoms with van der Waals surface area (Å²) < 4.78 is 80.8. The van der Waals surface area contributed by atoms with Crippen molar-refractivity contribution < 1.29 is 26.0 Å². The van der Waals surface area contributed by atoms with E-state index >= 15 is 0 Å². The Hall–Kier alpha value is -2.14. The van der Waals surface area contributed by atoms with Crippen molar-refractivity contribution in [3.05, 3.63) is 81.2 Å². The first kappa shape index (κ1) is 23.0. The number of alkyl halides is 2. The van der Waals surface area contributed by atoms with E-state index in [0.717, 1.165) is 18.3 Å². The Kier molecular flexibility index (Phi) is 6.00. The van der Waals surface area contributed by atoms with Gasteiger partial charge in [-0.25, -0.2) is 31.0 Å². The molecule has 3 aromatic rings. The molecule has 0 radical (unpaired) electrons. The first-order valence-corrected chi connectivity index (χ1v) is 11.5. The zero-order valence-corrected chi connectivity index (χ0v) is 18.5. The third kappa shape index (κ3) is 4.36. The quantitative estimate of drug-likeness (QED) is 0.482. The molecule has 0 amide bonds. The van der Waals surface area contributed by atoms with Crippen molar-refractivity contribution in [3.63, 3.8) is 0 Å². The zero-order chi connectivity index (χ0) is 23.3. The normalized spacial score (nSPS) is 16.7. The third-order valence-corrected chi connectivity index (χ3v) is 7.49. The fourth-order valence-electron chi connectivity index (χ4n) is 3.54. The summed E-state index contributed by atoms with van der Waals surface area (Å²) in [5.41, 5.74) is 0.843. The van der Waals surface area contributed by atoms with Crippen molar-refractivity contribution in [2.24, 2.45) is 0 Å². The summed E-state index contributed by atoms with van der Waals surface area (Å²) in [6, 6.07) is 7.75. The summed E-state index contributed by atoms with van der Waals surface area (Å²) in [5.74, 6) is -5.16. The zero-order valence-electron chi connectivity index (χ0n) is 16.1. The Morgan fingerprint density at radius 1 is 1.03 bits per heavy atom. The highest BCUT2D eigenvalue weighted by molar-refractivity contribution is 7.89. The van der Waals surface area contributed by atoms with Crippen LogP contribution in [0.4, 0.5) is 17.6 Å². The Morgan fingerprint density at radius 2 is 1.59 bits per heavy atom. The highest BCUT2D eigenvalue weighted by Gasteiger charge is 2.44. The highest BCUT2D eigenvalue weighted by atomic mass is 35.5. The predicted molar refractivity (Wildman–Crippen MR) is 111 cm³/mol. The standard InChI is InChI=1S/C20H15Cl2F4N3O2S/c21-13-7-11(1-3-15(13)23)18(12-2-4-16(24)14(22)8-12)19-27-9-17(28-19)32(30,31)29-6-5-20(25,26)10-29/h1-4,7-9,18H,5-6,10H2,(H,27,28). The summed E-state index contributed by atoms with van der Waals surface area (Å²) in [7, 11) is -4.25. The Balaban J connectivity index is 1.78. The molecule has 2 aromatic carbocycles. The first-order valence-electron chi connectivity index (χ1n) is 9.31. The van der Waals surface area contributed by atoms with Gasteiger partial charge >= 0.3 is 0 Å². The Bertz CT molecular complexity index is 1230. The van der Waals surface area contributed by atoms with Gasteiger partial charge in [0.05, 0.1) is 28.7 Å². The lowest BCUT2D eigenvalue weighted by Gasteiger charge is -2.18. The van der Waals surface area contributed by atoms with Gasteiger partial charge in [0.1, 0.15) is 17.5 Å². The highest BCUT2D eigenvalue weighted by Crippen LogP contribution is 2.35. The molecule has 5 nitrogen and oxygen atoms in total. The second kappa shape index (κ2) is 8.33. The van der Waals surface area contributed by atoms with Crippen LogP contribution in [0.15, 0.2) is 47.6 Å². The van der Waals surface area contributed by atoms with E-state index in [4.69, 9.17) is 23.2 Å². The lowest BCUT2D eigenvalue weighted by Crippen LogP contribution is -2.31. The van der Waals surface area contributed by atoms with E-state index in [1.54, 1.807) is 0 Å². The molecule has 0 atom stereocenters. The van der Waals surface area contributed by atoms with E-state index in [1.165, 1.54) is 24.3 Å². The van der Waals surface area contributed by atoms with Crippen LogP contribution in [0.2, 0.25) is 10.0 Å². The van der Waals surface area contributed by atoms with Crippen LogP contribution in [0.25, 0.3) is 0 Å². The molecule has 0 saturated carbocycles. The molecule has 0 unspecified atom stereocenters. The topological polar surface area (TPSA) is 66.1 Å². The number of imidazole rings is 1. The third-order valence-electron chi connectivity index (χ3n) is 5.15. The summed E-state index contributed by atoms with van der Waals surface area (Å²) >= 11 is 11.8. The maximum absolute atomic E-state index is 13.7. The van der Waals surface area contributed by atoms with Crippen molar-refractivity contribution >= 4 is 33.2 Å². The van der Waals surface area contributed by atoms with E-state index < -0.39 is 46.5 Å². The van der Waals surface area contributed by atoms with Crippen molar-refractivity contribution in [2.75, 3.05) is 13.1 Å². The van der Waals surface area contributed by atoms with Gasteiger partial charge in [-0.2, -0.15) is 4.31 Å². The number of nitrogens with zero attached hydrogens (tertiary/aromatic N) is 2. The smallest absolute Gasteiger partial charge is 0.262 e. The van der Waals surface area contributed by atoms with E-state index in [9.17, 15) is 26.0 Å². The molecule has 1 N–H and O–H groups in total. The molecule has 0 bridgehead atoms. The number of sulfonamides is 1. The van der Waals surface area contributed by atoms with Crippen LogP contribution >= 0.6 is 23.2 Å². The minimum atomic E-state index is -4.25. The summed E-state index contributed by atoms with van der Waals surface area (Å²) in [5, 5.41) is -0.740. The van der Waals surface area contributed by atoms with Crippen LogP contribution in [0, 0.1) is 11.6 Å². The molecule has 170 valence electrons. The molecule has 4 rings (SSSR count). The lowest BCUT2D eigenvalue weighted by atomic mass is 9.90. The van der Waals surface area contributed by atoms with E-state index in [2.05, 4.69) is 9.97 Å². The molecule has 12 heteroatoms. The number of aromatic amines is 1. The maximum atomic E-state index is 13.7. The Morgan fingerprint density at radius 3 is 2.06 bits per heavy atom. The fourth-order valence-corrected chi connectivity index (χ4v) is 5.30. The minimum absolute atomic E-state index is 0.0971. The van der Waals surface area contributed by atoms with E-state index in [1.807, 2.05) is 0 Å². The second-order valence-electron chi connectivity index (χ2n) is 7.36. The molecule has 2 heterocycles. The van der Waals surface area contributed by atoms with Gasteiger partial charge in [0.25, 0.3) is 15.9 Å². The molecule has 0 spiro atoms. The number of rotatable bonds is 5. The second-order valence-corrected chi connectivity index (χ2v) is 10.1. The minimum Gasteiger partial charge on any atom is -0.331 e. The van der Waals surface area contributed by atoms with Crippen molar-refractivity contribution in [2.45, 2.75) is 23.3 Å². The molecule has 1 saturated heterocycles. The van der Waals surface area contributed by atoms with Gasteiger partial charge in [0.15, 0.2) is 5.03 Å². The van der Waals surface area contributed by atoms with Crippen molar-refractivity contribution in [3.8, 4) is 0 Å². The maximum Gasteiger partial charge on any atom is 0.262 e. The fraction of sp³-hybridized carbons (Fsp3) is 0.250. The van der Waals surface area contributed by atoms with Gasteiger partial charge in [-0.1, -0.05) is 35.3 Å². The van der Waals surface area contributed by atoms with Crippen LogP contribution in [-0.2, 0) is 10.0 Å². The number of aromatic nitrogens is 2. The largest absolute Gasteiger partial charge is 0.331 e.